The molecule has 1 fully saturated rings. The fraction of sp³-hybridized carbons (Fsp3) is 0.909. The normalized spacial score (nSPS) is 30.9. The van der Waals surface area contributed by atoms with Crippen molar-refractivity contribution < 1.29 is 14.3 Å². The lowest BCUT2D eigenvalue weighted by atomic mass is 9.82. The molecule has 0 radical (unpaired) electrons. The maximum Gasteiger partial charge on any atom is 0.235 e. The molecule has 4 nitrogen and oxygen atoms in total. The van der Waals surface area contributed by atoms with Crippen molar-refractivity contribution in [3.8, 4) is 0 Å². The van der Waals surface area contributed by atoms with Gasteiger partial charge in [-0.15, -0.1) is 0 Å². The average Bonchev–Trinajstić information content (AvgIpc) is 2.22. The highest BCUT2D eigenvalue weighted by Gasteiger charge is 2.31. The number of nitrogens with zero attached hydrogens (tertiary/aromatic N) is 1. The molecule has 0 N–H and O–H groups in total. The second-order valence-corrected chi connectivity index (χ2v) is 4.26. The quantitative estimate of drug-likeness (QED) is 0.396. The maximum absolute atomic E-state index is 10.2. The first-order valence-electron chi connectivity index (χ1n) is 5.40. The molecule has 0 amide bonds. The summed E-state index contributed by atoms with van der Waals surface area (Å²) in [5, 5.41) is 0. The first-order chi connectivity index (χ1) is 7.20. The Labute approximate surface area is 90.7 Å². The van der Waals surface area contributed by atoms with Gasteiger partial charge in [-0.3, -0.25) is 0 Å². The van der Waals surface area contributed by atoms with Crippen molar-refractivity contribution >= 4 is 6.08 Å². The summed E-state index contributed by atoms with van der Waals surface area (Å²) in [5.41, 5.74) is -0.205. The van der Waals surface area contributed by atoms with E-state index in [2.05, 4.69) is 4.99 Å². The molecule has 0 unspecified atom stereocenters. The van der Waals surface area contributed by atoms with E-state index < -0.39 is 0 Å². The van der Waals surface area contributed by atoms with Crippen LogP contribution in [0.5, 0.6) is 0 Å². The fourth-order valence-corrected chi connectivity index (χ4v) is 1.90. The monoisotopic (exact) mass is 213 g/mol. The first kappa shape index (κ1) is 12.4. The number of isocyanates is 1. The summed E-state index contributed by atoms with van der Waals surface area (Å²) in [6, 6.07) is 0. The topological polar surface area (TPSA) is 47.9 Å². The average molecular weight is 213 g/mol. The molecule has 0 aromatic rings. The Bertz CT molecular complexity index is 228. The highest BCUT2D eigenvalue weighted by Crippen LogP contribution is 2.32. The molecule has 1 aliphatic carbocycles. The summed E-state index contributed by atoms with van der Waals surface area (Å²) >= 11 is 0. The van der Waals surface area contributed by atoms with Crippen molar-refractivity contribution in [2.45, 2.75) is 44.2 Å². The van der Waals surface area contributed by atoms with Crippen LogP contribution >= 0.6 is 0 Å². The van der Waals surface area contributed by atoms with Crippen LogP contribution in [0.2, 0.25) is 0 Å². The van der Waals surface area contributed by atoms with E-state index in [0.29, 0.717) is 19.3 Å². The molecule has 0 spiro atoms. The number of carbonyl (C=O) groups excluding carboxylic acids is 1. The minimum Gasteiger partial charge on any atom is -0.382 e. The largest absolute Gasteiger partial charge is 0.382 e. The molecule has 1 rings (SSSR count). The molecular formula is C11H19NO3. The third-order valence-corrected chi connectivity index (χ3v) is 2.97. The summed E-state index contributed by atoms with van der Waals surface area (Å²) < 4.78 is 10.5. The van der Waals surface area contributed by atoms with Crippen molar-refractivity contribution in [3.63, 3.8) is 0 Å². The highest BCUT2D eigenvalue weighted by molar-refractivity contribution is 5.34. The molecule has 0 aromatic heterocycles. The van der Waals surface area contributed by atoms with Crippen LogP contribution in [0.4, 0.5) is 0 Å². The predicted molar refractivity (Wildman–Crippen MR) is 56.6 cm³/mol. The molecule has 1 aliphatic rings. The highest BCUT2D eigenvalue weighted by atomic mass is 16.5. The van der Waals surface area contributed by atoms with Crippen LogP contribution in [-0.4, -0.2) is 38.0 Å². The lowest BCUT2D eigenvalue weighted by molar-refractivity contribution is -0.00899. The van der Waals surface area contributed by atoms with E-state index in [9.17, 15) is 4.79 Å². The van der Waals surface area contributed by atoms with Crippen LogP contribution in [0.3, 0.4) is 0 Å². The van der Waals surface area contributed by atoms with Gasteiger partial charge in [-0.05, 0) is 32.6 Å². The SMILES string of the molecule is COCCOC1CCC(C)(N=C=O)CC1. The van der Waals surface area contributed by atoms with Crippen LogP contribution in [0.15, 0.2) is 4.99 Å². The fourth-order valence-electron chi connectivity index (χ4n) is 1.90. The van der Waals surface area contributed by atoms with E-state index in [0.717, 1.165) is 25.7 Å². The number of ether oxygens (including phenoxy) is 2. The molecule has 0 aliphatic heterocycles. The lowest BCUT2D eigenvalue weighted by Crippen LogP contribution is -2.32. The van der Waals surface area contributed by atoms with Crippen molar-refractivity contribution in [1.29, 1.82) is 0 Å². The Kier molecular flexibility index (Phi) is 4.95. The summed E-state index contributed by atoms with van der Waals surface area (Å²) in [5.74, 6) is 0. The molecule has 86 valence electrons. The van der Waals surface area contributed by atoms with Crippen LogP contribution in [0.1, 0.15) is 32.6 Å². The lowest BCUT2D eigenvalue weighted by Gasteiger charge is -2.32. The number of aliphatic imine (C=N–C) groups is 1. The molecular weight excluding hydrogens is 194 g/mol. The van der Waals surface area contributed by atoms with Gasteiger partial charge in [0, 0.05) is 7.11 Å². The Morgan fingerprint density at radius 1 is 1.40 bits per heavy atom. The molecule has 1 saturated carbocycles. The van der Waals surface area contributed by atoms with Gasteiger partial charge in [0.05, 0.1) is 24.9 Å². The summed E-state index contributed by atoms with van der Waals surface area (Å²) in [6.45, 7) is 3.29. The zero-order valence-electron chi connectivity index (χ0n) is 9.49. The third kappa shape index (κ3) is 4.12. The molecule has 4 heteroatoms. The van der Waals surface area contributed by atoms with E-state index in [1.54, 1.807) is 13.2 Å². The van der Waals surface area contributed by atoms with E-state index in [1.165, 1.54) is 0 Å². The van der Waals surface area contributed by atoms with Crippen LogP contribution in [0, 0.1) is 0 Å². The van der Waals surface area contributed by atoms with Crippen LogP contribution in [-0.2, 0) is 14.3 Å². The Balaban J connectivity index is 2.26. The molecule has 0 bridgehead atoms. The van der Waals surface area contributed by atoms with Gasteiger partial charge in [-0.2, -0.15) is 4.99 Å². The van der Waals surface area contributed by atoms with Gasteiger partial charge in [0.2, 0.25) is 6.08 Å². The van der Waals surface area contributed by atoms with E-state index >= 15 is 0 Å². The van der Waals surface area contributed by atoms with Gasteiger partial charge in [0.1, 0.15) is 0 Å². The van der Waals surface area contributed by atoms with Gasteiger partial charge in [-0.25, -0.2) is 4.79 Å². The van der Waals surface area contributed by atoms with E-state index in [1.807, 2.05) is 6.92 Å². The number of rotatable bonds is 5. The predicted octanol–water partition coefficient (Wildman–Crippen LogP) is 1.69. The first-order valence-corrected chi connectivity index (χ1v) is 5.40. The van der Waals surface area contributed by atoms with Gasteiger partial charge < -0.3 is 9.47 Å². The van der Waals surface area contributed by atoms with Gasteiger partial charge >= 0.3 is 0 Å². The molecule has 0 atom stereocenters. The second-order valence-electron chi connectivity index (χ2n) is 4.26. The van der Waals surface area contributed by atoms with Crippen LogP contribution in [0.25, 0.3) is 0 Å². The van der Waals surface area contributed by atoms with Crippen molar-refractivity contribution in [2.75, 3.05) is 20.3 Å². The molecule has 0 heterocycles. The molecule has 0 aromatic carbocycles. The van der Waals surface area contributed by atoms with Crippen molar-refractivity contribution in [1.82, 2.24) is 0 Å². The summed E-state index contributed by atoms with van der Waals surface area (Å²) in [7, 11) is 1.67. The summed E-state index contributed by atoms with van der Waals surface area (Å²) in [6.07, 6.45) is 5.69. The number of hydrogen-bond donors (Lipinski definition) is 0. The maximum atomic E-state index is 10.2. The van der Waals surface area contributed by atoms with Gasteiger partial charge in [-0.1, -0.05) is 0 Å². The molecule has 15 heavy (non-hydrogen) atoms. The van der Waals surface area contributed by atoms with Crippen LogP contribution < -0.4 is 0 Å². The Morgan fingerprint density at radius 3 is 2.60 bits per heavy atom. The zero-order valence-corrected chi connectivity index (χ0v) is 9.49. The Morgan fingerprint density at radius 2 is 2.07 bits per heavy atom. The molecule has 0 saturated heterocycles. The summed E-state index contributed by atoms with van der Waals surface area (Å²) in [4.78, 5) is 14.1. The second kappa shape index (κ2) is 6.01. The van der Waals surface area contributed by atoms with Crippen molar-refractivity contribution in [3.05, 3.63) is 0 Å². The third-order valence-electron chi connectivity index (χ3n) is 2.97. The van der Waals surface area contributed by atoms with E-state index in [-0.39, 0.29) is 5.54 Å². The van der Waals surface area contributed by atoms with Gasteiger partial charge in [0.25, 0.3) is 0 Å². The van der Waals surface area contributed by atoms with Crippen molar-refractivity contribution in [2.24, 2.45) is 4.99 Å². The minimum absolute atomic E-state index is 0.205. The standard InChI is InChI=1S/C11H19NO3/c1-11(12-9-13)5-3-10(4-6-11)15-8-7-14-2/h10H,3-8H2,1-2H3. The van der Waals surface area contributed by atoms with Gasteiger partial charge in [0.15, 0.2) is 0 Å². The minimum atomic E-state index is -0.205. The zero-order chi connectivity index (χ0) is 11.1. The number of methoxy groups -OCH3 is 1. The Hall–Kier alpha value is -0.700. The van der Waals surface area contributed by atoms with E-state index in [4.69, 9.17) is 9.47 Å². The number of hydrogen-bond acceptors (Lipinski definition) is 4. The smallest absolute Gasteiger partial charge is 0.235 e.